The molecule has 1 N–H and O–H groups in total. The summed E-state index contributed by atoms with van der Waals surface area (Å²) in [4.78, 5) is 0. The molecule has 0 aliphatic carbocycles. The number of hydrogen-bond donors (Lipinski definition) is 1. The third kappa shape index (κ3) is 4.23. The Kier molecular flexibility index (Phi) is 5.69. The Morgan fingerprint density at radius 1 is 1.05 bits per heavy atom. The van der Waals surface area contributed by atoms with E-state index in [0.717, 1.165) is 23.6 Å². The summed E-state index contributed by atoms with van der Waals surface area (Å²) in [5.74, 6) is 0. The fourth-order valence-corrected chi connectivity index (χ4v) is 3.10. The summed E-state index contributed by atoms with van der Waals surface area (Å²) in [6.07, 6.45) is 0.919. The van der Waals surface area contributed by atoms with E-state index < -0.39 is 0 Å². The van der Waals surface area contributed by atoms with Gasteiger partial charge in [-0.3, -0.25) is 0 Å². The molecular weight excluding hydrogens is 301 g/mol. The molecule has 0 spiro atoms. The maximum atomic E-state index is 6.37. The molecule has 1 atom stereocenters. The Bertz CT molecular complexity index is 623. The molecule has 0 aliphatic rings. The average molecular weight is 322 g/mol. The van der Waals surface area contributed by atoms with Gasteiger partial charge in [-0.1, -0.05) is 60.0 Å². The van der Waals surface area contributed by atoms with Gasteiger partial charge in [0.05, 0.1) is 0 Å². The fraction of sp³-hybridized carbons (Fsp3) is 0.333. The minimum atomic E-state index is 0.195. The van der Waals surface area contributed by atoms with Gasteiger partial charge < -0.3 is 5.32 Å². The zero-order chi connectivity index (χ0) is 15.4. The zero-order valence-electron chi connectivity index (χ0n) is 12.7. The van der Waals surface area contributed by atoms with Gasteiger partial charge in [-0.2, -0.15) is 0 Å². The van der Waals surface area contributed by atoms with Gasteiger partial charge in [0.2, 0.25) is 0 Å². The molecule has 1 unspecified atom stereocenters. The predicted octanol–water partition coefficient (Wildman–Crippen LogP) is 5.50. The van der Waals surface area contributed by atoms with Crippen molar-refractivity contribution in [2.75, 3.05) is 6.54 Å². The van der Waals surface area contributed by atoms with Crippen LogP contribution in [0.2, 0.25) is 10.0 Å². The summed E-state index contributed by atoms with van der Waals surface area (Å²) < 4.78 is 0. The van der Waals surface area contributed by atoms with Crippen LogP contribution in [0.15, 0.2) is 36.4 Å². The van der Waals surface area contributed by atoms with Crippen LogP contribution in [0.25, 0.3) is 0 Å². The number of halogens is 2. The van der Waals surface area contributed by atoms with E-state index >= 15 is 0 Å². The lowest BCUT2D eigenvalue weighted by Gasteiger charge is -2.21. The molecule has 0 fully saturated rings. The Hall–Kier alpha value is -1.02. The first-order chi connectivity index (χ1) is 10.0. The quantitative estimate of drug-likeness (QED) is 0.766. The van der Waals surface area contributed by atoms with Crippen molar-refractivity contribution in [1.29, 1.82) is 0 Å². The summed E-state index contributed by atoms with van der Waals surface area (Å²) in [6.45, 7) is 7.29. The average Bonchev–Trinajstić information content (AvgIpc) is 2.42. The van der Waals surface area contributed by atoms with Gasteiger partial charge in [0.1, 0.15) is 0 Å². The van der Waals surface area contributed by atoms with E-state index in [4.69, 9.17) is 23.2 Å². The minimum absolute atomic E-state index is 0.195. The van der Waals surface area contributed by atoms with Crippen LogP contribution in [0.3, 0.4) is 0 Å². The molecule has 0 radical (unpaired) electrons. The smallest absolute Gasteiger partial charge is 0.0468 e. The molecule has 0 bridgehead atoms. The SMILES string of the molecule is CCNC(Cc1cc(C)ccc1C)c1ccc(Cl)cc1Cl. The second-order valence-corrected chi connectivity index (χ2v) is 6.25. The predicted molar refractivity (Wildman–Crippen MR) is 92.5 cm³/mol. The van der Waals surface area contributed by atoms with Gasteiger partial charge in [0, 0.05) is 16.1 Å². The first kappa shape index (κ1) is 16.4. The molecular formula is C18H21Cl2N. The van der Waals surface area contributed by atoms with Crippen LogP contribution in [0.1, 0.15) is 35.2 Å². The minimum Gasteiger partial charge on any atom is -0.310 e. The molecule has 1 nitrogen and oxygen atoms in total. The molecule has 21 heavy (non-hydrogen) atoms. The maximum absolute atomic E-state index is 6.37. The largest absolute Gasteiger partial charge is 0.310 e. The summed E-state index contributed by atoms with van der Waals surface area (Å²) >= 11 is 12.4. The molecule has 0 heterocycles. The Morgan fingerprint density at radius 2 is 1.81 bits per heavy atom. The molecule has 0 saturated heterocycles. The van der Waals surface area contributed by atoms with Crippen molar-refractivity contribution < 1.29 is 0 Å². The van der Waals surface area contributed by atoms with Crippen molar-refractivity contribution in [1.82, 2.24) is 5.32 Å². The van der Waals surface area contributed by atoms with Crippen molar-refractivity contribution in [2.24, 2.45) is 0 Å². The number of aryl methyl sites for hydroxylation is 2. The number of rotatable bonds is 5. The highest BCUT2D eigenvalue weighted by Crippen LogP contribution is 2.29. The van der Waals surface area contributed by atoms with E-state index in [1.165, 1.54) is 16.7 Å². The number of likely N-dealkylation sites (N-methyl/N-ethyl adjacent to an activating group) is 1. The lowest BCUT2D eigenvalue weighted by molar-refractivity contribution is 0.549. The number of nitrogens with one attached hydrogen (secondary N) is 1. The van der Waals surface area contributed by atoms with Crippen LogP contribution >= 0.6 is 23.2 Å². The fourth-order valence-electron chi connectivity index (χ4n) is 2.56. The summed E-state index contributed by atoms with van der Waals surface area (Å²) in [6, 6.07) is 12.5. The first-order valence-corrected chi connectivity index (χ1v) is 8.01. The topological polar surface area (TPSA) is 12.0 Å². The molecule has 3 heteroatoms. The lowest BCUT2D eigenvalue weighted by Crippen LogP contribution is -2.23. The van der Waals surface area contributed by atoms with Gasteiger partial charge in [-0.05, 0) is 55.6 Å². The second-order valence-electron chi connectivity index (χ2n) is 5.41. The van der Waals surface area contributed by atoms with Gasteiger partial charge in [-0.25, -0.2) is 0 Å². The van der Waals surface area contributed by atoms with Gasteiger partial charge in [-0.15, -0.1) is 0 Å². The van der Waals surface area contributed by atoms with Gasteiger partial charge >= 0.3 is 0 Å². The molecule has 0 aromatic heterocycles. The van der Waals surface area contributed by atoms with Crippen LogP contribution in [0.5, 0.6) is 0 Å². The third-order valence-electron chi connectivity index (χ3n) is 3.72. The van der Waals surface area contributed by atoms with Crippen LogP contribution in [0.4, 0.5) is 0 Å². The molecule has 2 rings (SSSR count). The molecule has 0 aliphatic heterocycles. The lowest BCUT2D eigenvalue weighted by atomic mass is 9.95. The van der Waals surface area contributed by atoms with E-state index in [-0.39, 0.29) is 6.04 Å². The highest BCUT2D eigenvalue weighted by molar-refractivity contribution is 6.35. The number of hydrogen-bond acceptors (Lipinski definition) is 1. The Labute approximate surface area is 137 Å². The van der Waals surface area contributed by atoms with Crippen LogP contribution in [0, 0.1) is 13.8 Å². The van der Waals surface area contributed by atoms with E-state index in [1.807, 2.05) is 18.2 Å². The normalized spacial score (nSPS) is 12.4. The molecule has 0 amide bonds. The van der Waals surface area contributed by atoms with Crippen LogP contribution in [-0.4, -0.2) is 6.54 Å². The monoisotopic (exact) mass is 321 g/mol. The van der Waals surface area contributed by atoms with E-state index in [9.17, 15) is 0 Å². The van der Waals surface area contributed by atoms with Crippen LogP contribution in [-0.2, 0) is 6.42 Å². The standard InChI is InChI=1S/C18H21Cl2N/c1-4-21-18(16-8-7-15(19)11-17(16)20)10-14-9-12(2)5-6-13(14)3/h5-9,11,18,21H,4,10H2,1-3H3. The molecule has 0 saturated carbocycles. The van der Waals surface area contributed by atoms with Gasteiger partial charge in [0.25, 0.3) is 0 Å². The second kappa shape index (κ2) is 7.31. The van der Waals surface area contributed by atoms with Gasteiger partial charge in [0.15, 0.2) is 0 Å². The molecule has 2 aromatic carbocycles. The molecule has 2 aromatic rings. The first-order valence-electron chi connectivity index (χ1n) is 7.25. The van der Waals surface area contributed by atoms with E-state index in [2.05, 4.69) is 44.3 Å². The highest BCUT2D eigenvalue weighted by atomic mass is 35.5. The highest BCUT2D eigenvalue weighted by Gasteiger charge is 2.16. The van der Waals surface area contributed by atoms with Crippen molar-refractivity contribution in [3.8, 4) is 0 Å². The van der Waals surface area contributed by atoms with E-state index in [0.29, 0.717) is 5.02 Å². The summed E-state index contributed by atoms with van der Waals surface area (Å²) in [5.41, 5.74) is 5.05. The maximum Gasteiger partial charge on any atom is 0.0468 e. The van der Waals surface area contributed by atoms with E-state index in [1.54, 1.807) is 0 Å². The Balaban J connectivity index is 2.32. The van der Waals surface area contributed by atoms with Crippen molar-refractivity contribution in [3.63, 3.8) is 0 Å². The van der Waals surface area contributed by atoms with Crippen molar-refractivity contribution >= 4 is 23.2 Å². The third-order valence-corrected chi connectivity index (χ3v) is 4.28. The van der Waals surface area contributed by atoms with Crippen LogP contribution < -0.4 is 5.32 Å². The zero-order valence-corrected chi connectivity index (χ0v) is 14.2. The summed E-state index contributed by atoms with van der Waals surface area (Å²) in [5, 5.41) is 4.92. The number of benzene rings is 2. The van der Waals surface area contributed by atoms with Crippen molar-refractivity contribution in [2.45, 2.75) is 33.2 Å². The van der Waals surface area contributed by atoms with Crippen molar-refractivity contribution in [3.05, 3.63) is 68.7 Å². The Morgan fingerprint density at radius 3 is 2.48 bits per heavy atom. The summed E-state index contributed by atoms with van der Waals surface area (Å²) in [7, 11) is 0. The molecule has 112 valence electrons.